The molecule has 0 aliphatic heterocycles. The lowest BCUT2D eigenvalue weighted by atomic mass is 9.92. The van der Waals surface area contributed by atoms with E-state index in [1.807, 2.05) is 6.08 Å². The van der Waals surface area contributed by atoms with Crippen LogP contribution in [-0.4, -0.2) is 0 Å². The summed E-state index contributed by atoms with van der Waals surface area (Å²) in [6.45, 7) is 11.0. The minimum atomic E-state index is 0.562. The standard InChI is InChI=1S/C11H21N/c1-8(2)10(5)11(6-7-12)9(3)4/h6-9H,12H2,1-5H3/b7-6-,11-10-. The van der Waals surface area contributed by atoms with Gasteiger partial charge in [-0.25, -0.2) is 0 Å². The van der Waals surface area contributed by atoms with Crippen molar-refractivity contribution in [3.05, 3.63) is 23.4 Å². The molecule has 0 aromatic heterocycles. The van der Waals surface area contributed by atoms with E-state index in [1.54, 1.807) is 6.20 Å². The molecule has 0 aliphatic rings. The lowest BCUT2D eigenvalue weighted by Crippen LogP contribution is -2.00. The van der Waals surface area contributed by atoms with Crippen molar-refractivity contribution in [1.82, 2.24) is 0 Å². The Morgan fingerprint density at radius 3 is 1.83 bits per heavy atom. The van der Waals surface area contributed by atoms with Crippen molar-refractivity contribution in [2.24, 2.45) is 17.6 Å². The minimum Gasteiger partial charge on any atom is -0.405 e. The molecule has 0 bridgehead atoms. The van der Waals surface area contributed by atoms with Gasteiger partial charge in [0.15, 0.2) is 0 Å². The fraction of sp³-hybridized carbons (Fsp3) is 0.636. The number of hydrogen-bond donors (Lipinski definition) is 1. The molecule has 0 amide bonds. The zero-order valence-corrected chi connectivity index (χ0v) is 8.89. The molecular formula is C11H21N. The highest BCUT2D eigenvalue weighted by molar-refractivity contribution is 5.26. The van der Waals surface area contributed by atoms with Gasteiger partial charge in [-0.3, -0.25) is 0 Å². The highest BCUT2D eigenvalue weighted by Crippen LogP contribution is 2.21. The second-order valence-corrected chi connectivity index (χ2v) is 3.81. The van der Waals surface area contributed by atoms with E-state index in [4.69, 9.17) is 5.73 Å². The Kier molecular flexibility index (Phi) is 4.72. The Morgan fingerprint density at radius 2 is 1.58 bits per heavy atom. The molecular weight excluding hydrogens is 146 g/mol. The molecule has 0 unspecified atom stereocenters. The summed E-state index contributed by atoms with van der Waals surface area (Å²) in [6, 6.07) is 0. The Hall–Kier alpha value is -0.720. The quantitative estimate of drug-likeness (QED) is 0.642. The molecule has 0 saturated carbocycles. The molecule has 12 heavy (non-hydrogen) atoms. The first kappa shape index (κ1) is 11.3. The van der Waals surface area contributed by atoms with Gasteiger partial charge in [-0.1, -0.05) is 33.3 Å². The van der Waals surface area contributed by atoms with Crippen LogP contribution in [0.4, 0.5) is 0 Å². The fourth-order valence-corrected chi connectivity index (χ4v) is 1.22. The molecule has 0 saturated heterocycles. The van der Waals surface area contributed by atoms with E-state index in [-0.39, 0.29) is 0 Å². The van der Waals surface area contributed by atoms with Crippen molar-refractivity contribution >= 4 is 0 Å². The van der Waals surface area contributed by atoms with Gasteiger partial charge in [-0.05, 0) is 36.6 Å². The van der Waals surface area contributed by atoms with E-state index >= 15 is 0 Å². The van der Waals surface area contributed by atoms with Crippen LogP contribution in [0.1, 0.15) is 34.6 Å². The molecule has 1 heteroatoms. The average Bonchev–Trinajstić information content (AvgIpc) is 1.98. The average molecular weight is 167 g/mol. The summed E-state index contributed by atoms with van der Waals surface area (Å²) in [5, 5.41) is 0. The zero-order valence-electron chi connectivity index (χ0n) is 8.89. The Balaban J connectivity index is 4.80. The van der Waals surface area contributed by atoms with Crippen LogP contribution >= 0.6 is 0 Å². The maximum absolute atomic E-state index is 5.39. The van der Waals surface area contributed by atoms with Gasteiger partial charge in [0.05, 0.1) is 0 Å². The van der Waals surface area contributed by atoms with Gasteiger partial charge in [0, 0.05) is 0 Å². The van der Waals surface area contributed by atoms with Crippen LogP contribution in [0.25, 0.3) is 0 Å². The number of rotatable bonds is 3. The SMILES string of the molecule is C/C(=C(\C=C/N)C(C)C)C(C)C. The lowest BCUT2D eigenvalue weighted by Gasteiger charge is -2.14. The molecule has 70 valence electrons. The largest absolute Gasteiger partial charge is 0.405 e. The smallest absolute Gasteiger partial charge is 0.00595 e. The van der Waals surface area contributed by atoms with Crippen molar-refractivity contribution in [3.63, 3.8) is 0 Å². The maximum atomic E-state index is 5.39. The van der Waals surface area contributed by atoms with E-state index in [0.29, 0.717) is 11.8 Å². The molecule has 0 aliphatic carbocycles. The Bertz CT molecular complexity index is 185. The van der Waals surface area contributed by atoms with E-state index in [1.165, 1.54) is 11.1 Å². The van der Waals surface area contributed by atoms with Crippen LogP contribution in [0.5, 0.6) is 0 Å². The maximum Gasteiger partial charge on any atom is -0.00595 e. The van der Waals surface area contributed by atoms with Crippen LogP contribution in [0.2, 0.25) is 0 Å². The first-order chi connectivity index (χ1) is 5.50. The number of allylic oxidation sites excluding steroid dienone is 3. The molecule has 0 heterocycles. The van der Waals surface area contributed by atoms with E-state index in [0.717, 1.165) is 0 Å². The summed E-state index contributed by atoms with van der Waals surface area (Å²) in [6.07, 6.45) is 3.64. The van der Waals surface area contributed by atoms with Crippen LogP contribution < -0.4 is 5.73 Å². The topological polar surface area (TPSA) is 26.0 Å². The Labute approximate surface area is 76.3 Å². The van der Waals surface area contributed by atoms with Gasteiger partial charge >= 0.3 is 0 Å². The van der Waals surface area contributed by atoms with Gasteiger partial charge < -0.3 is 5.73 Å². The van der Waals surface area contributed by atoms with Gasteiger partial charge in [-0.2, -0.15) is 0 Å². The van der Waals surface area contributed by atoms with Crippen LogP contribution in [0, 0.1) is 11.8 Å². The molecule has 0 fully saturated rings. The first-order valence-electron chi connectivity index (χ1n) is 4.59. The second-order valence-electron chi connectivity index (χ2n) is 3.81. The lowest BCUT2D eigenvalue weighted by molar-refractivity contribution is 0.706. The third-order valence-electron chi connectivity index (χ3n) is 2.22. The fourth-order valence-electron chi connectivity index (χ4n) is 1.22. The van der Waals surface area contributed by atoms with Crippen molar-refractivity contribution in [2.45, 2.75) is 34.6 Å². The first-order valence-corrected chi connectivity index (χ1v) is 4.59. The monoisotopic (exact) mass is 167 g/mol. The number of nitrogens with two attached hydrogens (primary N) is 1. The highest BCUT2D eigenvalue weighted by Gasteiger charge is 2.06. The molecule has 0 spiro atoms. The van der Waals surface area contributed by atoms with Crippen molar-refractivity contribution < 1.29 is 0 Å². The molecule has 0 aromatic carbocycles. The summed E-state index contributed by atoms with van der Waals surface area (Å²) in [5.41, 5.74) is 8.20. The molecule has 2 N–H and O–H groups in total. The predicted octanol–water partition coefficient (Wildman–Crippen LogP) is 3.09. The second kappa shape index (κ2) is 5.02. The Morgan fingerprint density at radius 1 is 1.08 bits per heavy atom. The van der Waals surface area contributed by atoms with Crippen LogP contribution in [-0.2, 0) is 0 Å². The third kappa shape index (κ3) is 3.12. The van der Waals surface area contributed by atoms with Gasteiger partial charge in [0.1, 0.15) is 0 Å². The summed E-state index contributed by atoms with van der Waals surface area (Å²) in [4.78, 5) is 0. The van der Waals surface area contributed by atoms with E-state index < -0.39 is 0 Å². The number of hydrogen-bond acceptors (Lipinski definition) is 1. The van der Waals surface area contributed by atoms with Crippen LogP contribution in [0.3, 0.4) is 0 Å². The molecule has 1 nitrogen and oxygen atoms in total. The van der Waals surface area contributed by atoms with Gasteiger partial charge in [0.25, 0.3) is 0 Å². The van der Waals surface area contributed by atoms with Gasteiger partial charge in [0.2, 0.25) is 0 Å². The molecule has 0 atom stereocenters. The summed E-state index contributed by atoms with van der Waals surface area (Å²) < 4.78 is 0. The minimum absolute atomic E-state index is 0.562. The van der Waals surface area contributed by atoms with Crippen molar-refractivity contribution in [2.75, 3.05) is 0 Å². The summed E-state index contributed by atoms with van der Waals surface area (Å²) in [5.74, 6) is 1.17. The predicted molar refractivity (Wildman–Crippen MR) is 55.7 cm³/mol. The van der Waals surface area contributed by atoms with E-state index in [2.05, 4.69) is 34.6 Å². The van der Waals surface area contributed by atoms with Crippen molar-refractivity contribution in [1.29, 1.82) is 0 Å². The normalized spacial score (nSPS) is 14.6. The summed E-state index contributed by atoms with van der Waals surface area (Å²) in [7, 11) is 0. The van der Waals surface area contributed by atoms with Gasteiger partial charge in [-0.15, -0.1) is 0 Å². The molecule has 0 rings (SSSR count). The van der Waals surface area contributed by atoms with Crippen LogP contribution in [0.15, 0.2) is 23.4 Å². The summed E-state index contributed by atoms with van der Waals surface area (Å²) >= 11 is 0. The highest BCUT2D eigenvalue weighted by atomic mass is 14.5. The van der Waals surface area contributed by atoms with Crippen molar-refractivity contribution in [3.8, 4) is 0 Å². The molecule has 0 aromatic rings. The van der Waals surface area contributed by atoms with E-state index in [9.17, 15) is 0 Å². The molecule has 0 radical (unpaired) electrons. The zero-order chi connectivity index (χ0) is 9.72. The third-order valence-corrected chi connectivity index (χ3v) is 2.22.